The van der Waals surface area contributed by atoms with Crippen LogP contribution in [0.2, 0.25) is 0 Å². The number of ketones is 1. The number of amides is 1. The number of Topliss-reactive ketones (excluding diaryl/α,β-unsaturated/α-hetero) is 1. The van der Waals surface area contributed by atoms with Gasteiger partial charge < -0.3 is 9.84 Å². The molecule has 0 radical (unpaired) electrons. The van der Waals surface area contributed by atoms with Crippen LogP contribution in [0.5, 0.6) is 5.75 Å². The maximum atomic E-state index is 13.0. The van der Waals surface area contributed by atoms with Crippen molar-refractivity contribution in [1.29, 1.82) is 0 Å². The van der Waals surface area contributed by atoms with Gasteiger partial charge in [0, 0.05) is 22.8 Å². The van der Waals surface area contributed by atoms with Crippen molar-refractivity contribution in [2.24, 2.45) is 0 Å². The molecule has 3 aromatic rings. The predicted octanol–water partition coefficient (Wildman–Crippen LogP) is 3.78. The summed E-state index contributed by atoms with van der Waals surface area (Å²) in [6.07, 6.45) is 3.04. The van der Waals surface area contributed by atoms with Gasteiger partial charge in [0.15, 0.2) is 0 Å². The first-order chi connectivity index (χ1) is 13.6. The second kappa shape index (κ2) is 7.28. The molecule has 140 valence electrons. The van der Waals surface area contributed by atoms with Crippen LogP contribution in [0, 0.1) is 0 Å². The minimum absolute atomic E-state index is 0.0459. The lowest BCUT2D eigenvalue weighted by Gasteiger charge is -2.25. The van der Waals surface area contributed by atoms with Crippen molar-refractivity contribution in [3.8, 4) is 5.75 Å². The van der Waals surface area contributed by atoms with Crippen molar-refractivity contribution < 1.29 is 19.4 Å². The van der Waals surface area contributed by atoms with Crippen molar-refractivity contribution in [3.63, 3.8) is 0 Å². The van der Waals surface area contributed by atoms with E-state index in [9.17, 15) is 14.7 Å². The number of para-hydroxylation sites is 2. The van der Waals surface area contributed by atoms with E-state index in [1.165, 1.54) is 35.7 Å². The standard InChI is InChI=1S/C21H16N2O4S/c1-27-15-6-3-2-5-14(15)23-18(16-7-4-12-28-16)17(20(25)21(23)26)19(24)13-8-10-22-11-9-13/h2-12,18,24H,1H3/b19-17-. The maximum absolute atomic E-state index is 13.0. The molecule has 1 aliphatic rings. The average molecular weight is 392 g/mol. The number of nitrogens with zero attached hydrogens (tertiary/aromatic N) is 2. The highest BCUT2D eigenvalue weighted by atomic mass is 32.1. The Morgan fingerprint density at radius 3 is 2.54 bits per heavy atom. The molecule has 7 heteroatoms. The predicted molar refractivity (Wildman–Crippen MR) is 106 cm³/mol. The van der Waals surface area contributed by atoms with Gasteiger partial charge in [-0.25, -0.2) is 0 Å². The molecule has 28 heavy (non-hydrogen) atoms. The van der Waals surface area contributed by atoms with Crippen LogP contribution >= 0.6 is 11.3 Å². The molecule has 3 heterocycles. The van der Waals surface area contributed by atoms with E-state index in [4.69, 9.17) is 4.74 Å². The molecule has 2 aromatic heterocycles. The third-order valence-electron chi connectivity index (χ3n) is 4.56. The Kier molecular flexibility index (Phi) is 4.67. The average Bonchev–Trinajstić information content (AvgIpc) is 3.35. The normalized spacial score (nSPS) is 18.5. The number of hydrogen-bond donors (Lipinski definition) is 1. The van der Waals surface area contributed by atoms with E-state index >= 15 is 0 Å². The molecule has 0 bridgehead atoms. The number of aromatic nitrogens is 1. The monoisotopic (exact) mass is 392 g/mol. The molecule has 1 aromatic carbocycles. The van der Waals surface area contributed by atoms with Crippen LogP contribution < -0.4 is 9.64 Å². The summed E-state index contributed by atoms with van der Waals surface area (Å²) in [5.74, 6) is -1.21. The van der Waals surface area contributed by atoms with Crippen LogP contribution in [0.15, 0.2) is 71.9 Å². The Hall–Kier alpha value is -3.45. The number of carbonyl (C=O) groups excluding carboxylic acids is 2. The number of ether oxygens (including phenoxy) is 1. The first-order valence-electron chi connectivity index (χ1n) is 8.51. The van der Waals surface area contributed by atoms with Gasteiger partial charge in [-0.05, 0) is 35.7 Å². The molecule has 1 amide bonds. The summed E-state index contributed by atoms with van der Waals surface area (Å²) in [6, 6.07) is 13.1. The minimum Gasteiger partial charge on any atom is -0.507 e. The molecule has 1 fully saturated rings. The van der Waals surface area contributed by atoms with Crippen molar-refractivity contribution >= 4 is 34.5 Å². The van der Waals surface area contributed by atoms with E-state index in [0.29, 0.717) is 17.0 Å². The summed E-state index contributed by atoms with van der Waals surface area (Å²) in [7, 11) is 1.51. The Bertz CT molecular complexity index is 1060. The fraction of sp³-hybridized carbons (Fsp3) is 0.0952. The van der Waals surface area contributed by atoms with Crippen LogP contribution in [-0.4, -0.2) is 28.9 Å². The fourth-order valence-corrected chi connectivity index (χ4v) is 4.11. The highest BCUT2D eigenvalue weighted by molar-refractivity contribution is 7.10. The van der Waals surface area contributed by atoms with Crippen LogP contribution in [0.3, 0.4) is 0 Å². The topological polar surface area (TPSA) is 79.7 Å². The number of thiophene rings is 1. The van der Waals surface area contributed by atoms with Crippen molar-refractivity contribution in [2.45, 2.75) is 6.04 Å². The lowest BCUT2D eigenvalue weighted by Crippen LogP contribution is -2.29. The highest BCUT2D eigenvalue weighted by Crippen LogP contribution is 2.45. The summed E-state index contributed by atoms with van der Waals surface area (Å²) < 4.78 is 5.40. The Labute approximate surface area is 165 Å². The van der Waals surface area contributed by atoms with Crippen LogP contribution in [0.4, 0.5) is 5.69 Å². The largest absolute Gasteiger partial charge is 0.507 e. The smallest absolute Gasteiger partial charge is 0.300 e. The Balaban J connectivity index is 1.95. The van der Waals surface area contributed by atoms with E-state index in [2.05, 4.69) is 4.98 Å². The second-order valence-corrected chi connectivity index (χ2v) is 7.07. The van der Waals surface area contributed by atoms with Gasteiger partial charge >= 0.3 is 0 Å². The first kappa shape index (κ1) is 17.9. The first-order valence-corrected chi connectivity index (χ1v) is 9.39. The summed E-state index contributed by atoms with van der Waals surface area (Å²) in [4.78, 5) is 32.0. The number of anilines is 1. The number of carbonyl (C=O) groups is 2. The van der Waals surface area contributed by atoms with Crippen LogP contribution in [0.1, 0.15) is 16.5 Å². The molecule has 0 aliphatic carbocycles. The number of benzene rings is 1. The maximum Gasteiger partial charge on any atom is 0.300 e. The second-order valence-electron chi connectivity index (χ2n) is 6.09. The van der Waals surface area contributed by atoms with Gasteiger partial charge in [-0.3, -0.25) is 19.5 Å². The zero-order valence-electron chi connectivity index (χ0n) is 14.9. The number of methoxy groups -OCH3 is 1. The lowest BCUT2D eigenvalue weighted by molar-refractivity contribution is -0.132. The Morgan fingerprint density at radius 2 is 1.86 bits per heavy atom. The minimum atomic E-state index is -0.746. The van der Waals surface area contributed by atoms with Gasteiger partial charge in [-0.15, -0.1) is 11.3 Å². The third kappa shape index (κ3) is 2.86. The molecular formula is C21H16N2O4S. The van der Waals surface area contributed by atoms with E-state index in [-0.39, 0.29) is 11.3 Å². The fourth-order valence-electron chi connectivity index (χ4n) is 3.29. The molecule has 6 nitrogen and oxygen atoms in total. The van der Waals surface area contributed by atoms with Crippen LogP contribution in [0.25, 0.3) is 5.76 Å². The van der Waals surface area contributed by atoms with E-state index in [1.54, 1.807) is 36.4 Å². The van der Waals surface area contributed by atoms with Crippen molar-refractivity contribution in [1.82, 2.24) is 4.98 Å². The molecule has 1 N–H and O–H groups in total. The summed E-state index contributed by atoms with van der Waals surface area (Å²) in [6.45, 7) is 0. The van der Waals surface area contributed by atoms with Gasteiger partial charge in [0.05, 0.1) is 18.4 Å². The molecule has 1 saturated heterocycles. The van der Waals surface area contributed by atoms with E-state index < -0.39 is 17.7 Å². The highest BCUT2D eigenvalue weighted by Gasteiger charge is 2.48. The number of aliphatic hydroxyl groups is 1. The molecule has 0 saturated carbocycles. The summed E-state index contributed by atoms with van der Waals surface area (Å²) >= 11 is 1.41. The molecular weight excluding hydrogens is 376 g/mol. The molecule has 1 aliphatic heterocycles. The number of rotatable bonds is 4. The van der Waals surface area contributed by atoms with Crippen molar-refractivity contribution in [3.05, 3.63) is 82.3 Å². The van der Waals surface area contributed by atoms with Gasteiger partial charge in [0.1, 0.15) is 17.6 Å². The third-order valence-corrected chi connectivity index (χ3v) is 5.48. The Morgan fingerprint density at radius 1 is 1.11 bits per heavy atom. The zero-order chi connectivity index (χ0) is 19.7. The van der Waals surface area contributed by atoms with Gasteiger partial charge in [0.25, 0.3) is 11.7 Å². The van der Waals surface area contributed by atoms with Gasteiger partial charge in [-0.2, -0.15) is 0 Å². The summed E-state index contributed by atoms with van der Waals surface area (Å²) in [5, 5.41) is 12.8. The molecule has 1 atom stereocenters. The van der Waals surface area contributed by atoms with Crippen LogP contribution in [-0.2, 0) is 9.59 Å². The SMILES string of the molecule is COc1ccccc1N1C(=O)C(=O)/C(=C(\O)c2ccncc2)C1c1cccs1. The number of aliphatic hydroxyl groups excluding tert-OH is 1. The van der Waals surface area contributed by atoms with E-state index in [0.717, 1.165) is 4.88 Å². The van der Waals surface area contributed by atoms with Gasteiger partial charge in [-0.1, -0.05) is 18.2 Å². The number of hydrogen-bond acceptors (Lipinski definition) is 6. The molecule has 4 rings (SSSR count). The quantitative estimate of drug-likeness (QED) is 0.415. The number of pyridine rings is 1. The summed E-state index contributed by atoms with van der Waals surface area (Å²) in [5.41, 5.74) is 0.943. The zero-order valence-corrected chi connectivity index (χ0v) is 15.7. The molecule has 0 spiro atoms. The molecule has 1 unspecified atom stereocenters. The van der Waals surface area contributed by atoms with Gasteiger partial charge in [0.2, 0.25) is 0 Å². The lowest BCUT2D eigenvalue weighted by atomic mass is 10.0. The van der Waals surface area contributed by atoms with E-state index in [1.807, 2.05) is 17.5 Å². The van der Waals surface area contributed by atoms with Crippen molar-refractivity contribution in [2.75, 3.05) is 12.0 Å².